The zero-order valence-corrected chi connectivity index (χ0v) is 18.7. The maximum Gasteiger partial charge on any atom is 0.246 e. The number of nitrogens with two attached hydrogens (primary N) is 1. The highest BCUT2D eigenvalue weighted by molar-refractivity contribution is 7.80. The zero-order chi connectivity index (χ0) is 22.4. The first-order chi connectivity index (χ1) is 14.2. The third-order valence-corrected chi connectivity index (χ3v) is 6.09. The molecule has 2 heterocycles. The number of rotatable bonds is 8. The number of nitrogens with zero attached hydrogens (tertiary/aromatic N) is 2. The van der Waals surface area contributed by atoms with Gasteiger partial charge in [-0.1, -0.05) is 0 Å². The van der Waals surface area contributed by atoms with Crippen molar-refractivity contribution in [1.29, 1.82) is 0 Å². The number of primary amides is 1. The van der Waals surface area contributed by atoms with E-state index in [-0.39, 0.29) is 23.3 Å². The molecule has 0 aromatic rings. The van der Waals surface area contributed by atoms with Gasteiger partial charge in [-0.15, -0.1) is 0 Å². The summed E-state index contributed by atoms with van der Waals surface area (Å²) in [7, 11) is 0. The van der Waals surface area contributed by atoms with E-state index < -0.39 is 41.9 Å². The van der Waals surface area contributed by atoms with Crippen molar-refractivity contribution < 1.29 is 24.0 Å². The van der Waals surface area contributed by atoms with Crippen LogP contribution in [0.4, 0.5) is 0 Å². The van der Waals surface area contributed by atoms with Gasteiger partial charge in [0.05, 0.1) is 0 Å². The smallest absolute Gasteiger partial charge is 0.246 e. The minimum Gasteiger partial charge on any atom is -0.368 e. The molecule has 10 nitrogen and oxygen atoms in total. The molecule has 0 radical (unpaired) electrons. The summed E-state index contributed by atoms with van der Waals surface area (Å²) < 4.78 is 0. The first-order valence-corrected chi connectivity index (χ1v) is 11.2. The second kappa shape index (κ2) is 10.9. The molecule has 0 aliphatic carbocycles. The summed E-state index contributed by atoms with van der Waals surface area (Å²) in [5, 5.41) is 5.20. The van der Waals surface area contributed by atoms with E-state index in [1.807, 2.05) is 0 Å². The number of amides is 5. The second-order valence-electron chi connectivity index (χ2n) is 7.46. The van der Waals surface area contributed by atoms with E-state index in [0.29, 0.717) is 38.8 Å². The first-order valence-electron chi connectivity index (χ1n) is 9.90. The van der Waals surface area contributed by atoms with E-state index in [4.69, 9.17) is 5.73 Å². The largest absolute Gasteiger partial charge is 0.368 e. The normalized spacial score (nSPS) is 23.0. The highest BCUT2D eigenvalue weighted by Crippen LogP contribution is 2.21. The Morgan fingerprint density at radius 2 is 1.37 bits per heavy atom. The molecule has 2 saturated heterocycles. The Morgan fingerprint density at radius 1 is 0.900 bits per heavy atom. The van der Waals surface area contributed by atoms with Crippen molar-refractivity contribution in [3.8, 4) is 0 Å². The number of hydrogen-bond acceptors (Lipinski definition) is 7. The summed E-state index contributed by atoms with van der Waals surface area (Å²) >= 11 is 8.29. The Labute approximate surface area is 186 Å². The lowest BCUT2D eigenvalue weighted by Gasteiger charge is -2.30. The second-order valence-corrected chi connectivity index (χ2v) is 8.19. The molecule has 2 aliphatic heterocycles. The lowest BCUT2D eigenvalue weighted by molar-refractivity contribution is -0.143. The van der Waals surface area contributed by atoms with E-state index >= 15 is 0 Å². The third-order valence-electron chi connectivity index (χ3n) is 5.36. The number of thiol groups is 2. The van der Waals surface area contributed by atoms with Gasteiger partial charge >= 0.3 is 0 Å². The van der Waals surface area contributed by atoms with Gasteiger partial charge in [-0.3, -0.25) is 24.0 Å². The van der Waals surface area contributed by atoms with Crippen LogP contribution in [0.5, 0.6) is 0 Å². The van der Waals surface area contributed by atoms with Gasteiger partial charge in [0.2, 0.25) is 29.5 Å². The number of likely N-dealkylation sites (tertiary alicyclic amines) is 2. The summed E-state index contributed by atoms with van der Waals surface area (Å²) in [6.07, 6.45) is 2.22. The first kappa shape index (κ1) is 24.3. The van der Waals surface area contributed by atoms with Gasteiger partial charge in [0, 0.05) is 31.5 Å². The maximum atomic E-state index is 12.9. The summed E-state index contributed by atoms with van der Waals surface area (Å²) in [6, 6.07) is -3.21. The molecule has 0 bridgehead atoms. The molecule has 4 atom stereocenters. The van der Waals surface area contributed by atoms with Crippen molar-refractivity contribution in [3.05, 3.63) is 0 Å². The minimum atomic E-state index is -0.936. The van der Waals surface area contributed by atoms with E-state index in [0.717, 1.165) is 0 Å². The molecule has 0 aromatic heterocycles. The lowest BCUT2D eigenvalue weighted by atomic mass is 10.1. The maximum absolute atomic E-state index is 12.9. The zero-order valence-electron chi connectivity index (χ0n) is 16.9. The number of carbonyl (C=O) groups excluding carboxylic acids is 5. The van der Waals surface area contributed by atoms with Crippen LogP contribution in [0.2, 0.25) is 0 Å². The topological polar surface area (TPSA) is 142 Å². The van der Waals surface area contributed by atoms with Crippen LogP contribution in [-0.4, -0.2) is 88.1 Å². The number of carbonyl (C=O) groups is 5. The van der Waals surface area contributed by atoms with Crippen molar-refractivity contribution in [2.24, 2.45) is 5.73 Å². The Bertz CT molecular complexity index is 706. The van der Waals surface area contributed by atoms with Crippen LogP contribution in [0.1, 0.15) is 32.6 Å². The summed E-state index contributed by atoms with van der Waals surface area (Å²) in [4.78, 5) is 64.2. The Morgan fingerprint density at radius 3 is 1.83 bits per heavy atom. The number of nitrogens with one attached hydrogen (secondary N) is 2. The van der Waals surface area contributed by atoms with E-state index in [9.17, 15) is 24.0 Å². The van der Waals surface area contributed by atoms with Crippen LogP contribution in [0.25, 0.3) is 0 Å². The van der Waals surface area contributed by atoms with Gasteiger partial charge in [-0.05, 0) is 25.7 Å². The quantitative estimate of drug-likeness (QED) is 0.275. The van der Waals surface area contributed by atoms with Crippen molar-refractivity contribution in [3.63, 3.8) is 0 Å². The fourth-order valence-corrected chi connectivity index (χ4v) is 4.41. The van der Waals surface area contributed by atoms with Gasteiger partial charge < -0.3 is 26.2 Å². The van der Waals surface area contributed by atoms with Crippen LogP contribution in [-0.2, 0) is 24.0 Å². The molecular formula is C18H29N5O5S2. The molecule has 2 aliphatic rings. The monoisotopic (exact) mass is 459 g/mol. The van der Waals surface area contributed by atoms with Crippen molar-refractivity contribution >= 4 is 54.8 Å². The fourth-order valence-electron chi connectivity index (χ4n) is 3.91. The van der Waals surface area contributed by atoms with E-state index in [2.05, 4.69) is 35.9 Å². The molecule has 2 rings (SSSR count). The van der Waals surface area contributed by atoms with Crippen LogP contribution in [0, 0.1) is 0 Å². The molecular weight excluding hydrogens is 430 g/mol. The van der Waals surface area contributed by atoms with Crippen molar-refractivity contribution in [1.82, 2.24) is 20.4 Å². The van der Waals surface area contributed by atoms with E-state index in [1.165, 1.54) is 16.7 Å². The predicted molar refractivity (Wildman–Crippen MR) is 116 cm³/mol. The highest BCUT2D eigenvalue weighted by atomic mass is 32.1. The van der Waals surface area contributed by atoms with Gasteiger partial charge in [-0.2, -0.15) is 25.3 Å². The van der Waals surface area contributed by atoms with E-state index in [1.54, 1.807) is 0 Å². The van der Waals surface area contributed by atoms with Crippen LogP contribution >= 0.6 is 25.3 Å². The summed E-state index contributed by atoms with van der Waals surface area (Å²) in [5.41, 5.74) is 5.38. The fraction of sp³-hybridized carbons (Fsp3) is 0.722. The molecule has 0 saturated carbocycles. The summed E-state index contributed by atoms with van der Waals surface area (Å²) in [5.74, 6) is -2.07. The van der Waals surface area contributed by atoms with Gasteiger partial charge in [0.15, 0.2) is 0 Å². The molecule has 168 valence electrons. The van der Waals surface area contributed by atoms with Crippen molar-refractivity contribution in [2.75, 3.05) is 24.6 Å². The SMILES string of the molecule is CC(=O)N[C@@H](CS)C(=O)N1CCC[C@H]1C(=O)N[C@@H](CS)C(=O)N1CCC[C@H]1C(N)=O. The standard InChI is InChI=1S/C18H29N5O5S2/c1-10(24)20-11(8-29)17(27)23-7-3-5-14(23)16(26)21-12(9-30)18(28)22-6-2-4-13(22)15(19)25/h11-14,29-30H,2-9H2,1H3,(H2,19,25)(H,20,24)(H,21,26)/t11-,12-,13-,14-/m0/s1. The summed E-state index contributed by atoms with van der Waals surface area (Å²) in [6.45, 7) is 2.07. The van der Waals surface area contributed by atoms with Crippen LogP contribution < -0.4 is 16.4 Å². The molecule has 5 amide bonds. The molecule has 12 heteroatoms. The van der Waals surface area contributed by atoms with Gasteiger partial charge in [-0.25, -0.2) is 0 Å². The van der Waals surface area contributed by atoms with Crippen LogP contribution in [0.3, 0.4) is 0 Å². The molecule has 4 N–H and O–H groups in total. The number of hydrogen-bond donors (Lipinski definition) is 5. The van der Waals surface area contributed by atoms with Gasteiger partial charge in [0.1, 0.15) is 24.2 Å². The molecule has 0 aromatic carbocycles. The Balaban J connectivity index is 2.06. The third kappa shape index (κ3) is 5.60. The average molecular weight is 460 g/mol. The Hall–Kier alpha value is -1.95. The molecule has 2 fully saturated rings. The molecule has 30 heavy (non-hydrogen) atoms. The minimum absolute atomic E-state index is 0.0401. The molecule has 0 unspecified atom stereocenters. The Kier molecular flexibility index (Phi) is 8.83. The lowest BCUT2D eigenvalue weighted by Crippen LogP contribution is -2.58. The van der Waals surface area contributed by atoms with Crippen LogP contribution in [0.15, 0.2) is 0 Å². The average Bonchev–Trinajstić information content (AvgIpc) is 3.38. The highest BCUT2D eigenvalue weighted by Gasteiger charge is 2.40. The molecule has 0 spiro atoms. The van der Waals surface area contributed by atoms with Gasteiger partial charge in [0.25, 0.3) is 0 Å². The van der Waals surface area contributed by atoms with Crippen molar-refractivity contribution in [2.45, 2.75) is 56.8 Å². The predicted octanol–water partition coefficient (Wildman–Crippen LogP) is -1.70.